The van der Waals surface area contributed by atoms with E-state index in [1.54, 1.807) is 12.1 Å². The minimum atomic E-state index is -0.0977. The zero-order valence-electron chi connectivity index (χ0n) is 11.5. The second kappa shape index (κ2) is 6.33. The van der Waals surface area contributed by atoms with Crippen LogP contribution in [0.2, 0.25) is 0 Å². The van der Waals surface area contributed by atoms with Gasteiger partial charge in [-0.2, -0.15) is 0 Å². The molecule has 0 amide bonds. The fraction of sp³-hybridized carbons (Fsp3) is 0.625. The van der Waals surface area contributed by atoms with Crippen LogP contribution in [0, 0.1) is 11.7 Å². The van der Waals surface area contributed by atoms with Crippen molar-refractivity contribution in [2.45, 2.75) is 58.0 Å². The van der Waals surface area contributed by atoms with Crippen molar-refractivity contribution in [2.75, 3.05) is 0 Å². The first-order chi connectivity index (χ1) is 8.66. The Hall–Kier alpha value is -0.890. The fourth-order valence-corrected chi connectivity index (χ4v) is 2.92. The van der Waals surface area contributed by atoms with Crippen LogP contribution in [-0.4, -0.2) is 6.04 Å². The topological polar surface area (TPSA) is 12.0 Å². The number of nitrogens with one attached hydrogen (secondary N) is 1. The molecule has 1 aromatic rings. The highest BCUT2D eigenvalue weighted by atomic mass is 19.1. The summed E-state index contributed by atoms with van der Waals surface area (Å²) in [6.45, 7) is 4.40. The Morgan fingerprint density at radius 3 is 2.72 bits per heavy atom. The highest BCUT2D eigenvalue weighted by molar-refractivity contribution is 5.20. The first-order valence-corrected chi connectivity index (χ1v) is 7.17. The van der Waals surface area contributed by atoms with Crippen molar-refractivity contribution in [2.24, 2.45) is 5.92 Å². The molecule has 0 aromatic heterocycles. The molecule has 1 N–H and O–H groups in total. The van der Waals surface area contributed by atoms with Crippen molar-refractivity contribution < 1.29 is 4.39 Å². The summed E-state index contributed by atoms with van der Waals surface area (Å²) in [5, 5.41) is 3.60. The summed E-state index contributed by atoms with van der Waals surface area (Å²) < 4.78 is 13.7. The Morgan fingerprint density at radius 2 is 1.94 bits per heavy atom. The Bertz CT molecular complexity index is 377. The zero-order valence-corrected chi connectivity index (χ0v) is 11.5. The Morgan fingerprint density at radius 1 is 1.17 bits per heavy atom. The van der Waals surface area contributed by atoms with Crippen LogP contribution in [0.15, 0.2) is 24.3 Å². The molecule has 0 radical (unpaired) electrons. The molecular formula is C16H24FN. The van der Waals surface area contributed by atoms with Gasteiger partial charge in [-0.25, -0.2) is 4.39 Å². The van der Waals surface area contributed by atoms with Gasteiger partial charge in [0.1, 0.15) is 5.82 Å². The number of halogens is 1. The van der Waals surface area contributed by atoms with Crippen LogP contribution >= 0.6 is 0 Å². The lowest BCUT2D eigenvalue weighted by Gasteiger charge is -2.22. The number of rotatable bonds is 3. The molecule has 1 saturated carbocycles. The van der Waals surface area contributed by atoms with E-state index in [1.165, 1.54) is 32.1 Å². The van der Waals surface area contributed by atoms with Crippen molar-refractivity contribution in [3.05, 3.63) is 35.6 Å². The lowest BCUT2D eigenvalue weighted by Crippen LogP contribution is -2.31. The third kappa shape index (κ3) is 3.55. The maximum Gasteiger partial charge on any atom is 0.127 e. The summed E-state index contributed by atoms with van der Waals surface area (Å²) in [5.74, 6) is 0.750. The SMILES string of the molecule is CC1CCCC(NC(C)c2ccccc2F)CC1. The maximum atomic E-state index is 13.7. The van der Waals surface area contributed by atoms with Gasteiger partial charge in [-0.15, -0.1) is 0 Å². The Labute approximate surface area is 110 Å². The first-order valence-electron chi connectivity index (χ1n) is 7.17. The van der Waals surface area contributed by atoms with Crippen LogP contribution < -0.4 is 5.32 Å². The predicted octanol–water partition coefficient (Wildman–Crippen LogP) is 4.45. The number of hydrogen-bond acceptors (Lipinski definition) is 1. The van der Waals surface area contributed by atoms with E-state index in [9.17, 15) is 4.39 Å². The van der Waals surface area contributed by atoms with Crippen molar-refractivity contribution in [1.29, 1.82) is 0 Å². The van der Waals surface area contributed by atoms with Crippen molar-refractivity contribution in [3.8, 4) is 0 Å². The first kappa shape index (κ1) is 13.5. The van der Waals surface area contributed by atoms with Crippen LogP contribution in [0.1, 0.15) is 57.6 Å². The molecular weight excluding hydrogens is 225 g/mol. The van der Waals surface area contributed by atoms with Crippen LogP contribution in [0.4, 0.5) is 4.39 Å². The molecule has 0 aliphatic heterocycles. The molecule has 2 rings (SSSR count). The molecule has 0 spiro atoms. The minimum Gasteiger partial charge on any atom is -0.307 e. The van der Waals surface area contributed by atoms with Crippen molar-refractivity contribution in [3.63, 3.8) is 0 Å². The molecule has 2 heteroatoms. The van der Waals surface area contributed by atoms with Gasteiger partial charge in [-0.05, 0) is 38.2 Å². The van der Waals surface area contributed by atoms with E-state index in [2.05, 4.69) is 19.2 Å². The van der Waals surface area contributed by atoms with Crippen LogP contribution in [0.3, 0.4) is 0 Å². The second-order valence-corrected chi connectivity index (χ2v) is 5.72. The smallest absolute Gasteiger partial charge is 0.127 e. The quantitative estimate of drug-likeness (QED) is 0.781. The average molecular weight is 249 g/mol. The summed E-state index contributed by atoms with van der Waals surface area (Å²) in [7, 11) is 0. The standard InChI is InChI=1S/C16H24FN/c1-12-6-5-7-14(11-10-12)18-13(2)15-8-3-4-9-16(15)17/h3-4,8-9,12-14,18H,5-7,10-11H2,1-2H3. The van der Waals surface area contributed by atoms with E-state index in [0.29, 0.717) is 6.04 Å². The molecule has 1 aliphatic carbocycles. The largest absolute Gasteiger partial charge is 0.307 e. The predicted molar refractivity (Wildman–Crippen MR) is 74.0 cm³/mol. The maximum absolute atomic E-state index is 13.7. The van der Waals surface area contributed by atoms with Gasteiger partial charge in [0.25, 0.3) is 0 Å². The molecule has 0 heterocycles. The average Bonchev–Trinajstić information content (AvgIpc) is 2.55. The van der Waals surface area contributed by atoms with Crippen LogP contribution in [0.5, 0.6) is 0 Å². The van der Waals surface area contributed by atoms with Gasteiger partial charge in [-0.1, -0.05) is 38.0 Å². The third-order valence-electron chi connectivity index (χ3n) is 4.11. The zero-order chi connectivity index (χ0) is 13.0. The molecule has 3 unspecified atom stereocenters. The summed E-state index contributed by atoms with van der Waals surface area (Å²) in [6, 6.07) is 7.73. The Kier molecular flexibility index (Phi) is 4.76. The van der Waals surface area contributed by atoms with E-state index in [1.807, 2.05) is 12.1 Å². The second-order valence-electron chi connectivity index (χ2n) is 5.72. The van der Waals surface area contributed by atoms with Crippen LogP contribution in [-0.2, 0) is 0 Å². The monoisotopic (exact) mass is 249 g/mol. The summed E-state index contributed by atoms with van der Waals surface area (Å²) in [4.78, 5) is 0. The molecule has 1 fully saturated rings. The molecule has 1 aliphatic rings. The van der Waals surface area contributed by atoms with E-state index in [-0.39, 0.29) is 11.9 Å². The minimum absolute atomic E-state index is 0.0977. The van der Waals surface area contributed by atoms with E-state index >= 15 is 0 Å². The highest BCUT2D eigenvalue weighted by Crippen LogP contribution is 2.25. The molecule has 1 aromatic carbocycles. The van der Waals surface area contributed by atoms with Gasteiger partial charge in [0.15, 0.2) is 0 Å². The lowest BCUT2D eigenvalue weighted by atomic mass is 10.0. The van der Waals surface area contributed by atoms with E-state index < -0.39 is 0 Å². The molecule has 0 saturated heterocycles. The fourth-order valence-electron chi connectivity index (χ4n) is 2.92. The van der Waals surface area contributed by atoms with Gasteiger partial charge >= 0.3 is 0 Å². The van der Waals surface area contributed by atoms with Crippen LogP contribution in [0.25, 0.3) is 0 Å². The summed E-state index contributed by atoms with van der Waals surface area (Å²) in [6.07, 6.45) is 6.37. The normalized spacial score (nSPS) is 26.6. The molecule has 3 atom stereocenters. The van der Waals surface area contributed by atoms with E-state index in [0.717, 1.165) is 11.5 Å². The number of hydrogen-bond donors (Lipinski definition) is 1. The third-order valence-corrected chi connectivity index (χ3v) is 4.11. The summed E-state index contributed by atoms with van der Waals surface area (Å²) in [5.41, 5.74) is 0.787. The molecule has 1 nitrogen and oxygen atoms in total. The highest BCUT2D eigenvalue weighted by Gasteiger charge is 2.19. The van der Waals surface area contributed by atoms with Crippen molar-refractivity contribution >= 4 is 0 Å². The van der Waals surface area contributed by atoms with Gasteiger partial charge < -0.3 is 5.32 Å². The lowest BCUT2D eigenvalue weighted by molar-refractivity contribution is 0.401. The van der Waals surface area contributed by atoms with E-state index in [4.69, 9.17) is 0 Å². The van der Waals surface area contributed by atoms with Gasteiger partial charge in [-0.3, -0.25) is 0 Å². The molecule has 18 heavy (non-hydrogen) atoms. The van der Waals surface area contributed by atoms with Gasteiger partial charge in [0.05, 0.1) is 0 Å². The number of benzene rings is 1. The Balaban J connectivity index is 1.94. The van der Waals surface area contributed by atoms with Crippen molar-refractivity contribution in [1.82, 2.24) is 5.32 Å². The molecule has 0 bridgehead atoms. The molecule has 100 valence electrons. The van der Waals surface area contributed by atoms with Gasteiger partial charge in [0, 0.05) is 17.6 Å². The summed E-state index contributed by atoms with van der Waals surface area (Å²) >= 11 is 0. The van der Waals surface area contributed by atoms with Gasteiger partial charge in [0.2, 0.25) is 0 Å².